The van der Waals surface area contributed by atoms with E-state index in [4.69, 9.17) is 0 Å². The number of anilines is 1. The molecule has 3 rings (SSSR count). The molecule has 1 aliphatic rings. The van der Waals surface area contributed by atoms with Crippen molar-refractivity contribution in [3.63, 3.8) is 0 Å². The first-order valence-electron chi connectivity index (χ1n) is 8.30. The third-order valence-electron chi connectivity index (χ3n) is 4.26. The minimum atomic E-state index is 0.147. The van der Waals surface area contributed by atoms with E-state index in [0.29, 0.717) is 18.9 Å². The molecule has 0 saturated heterocycles. The number of carbonyl (C=O) groups excluding carboxylic acids is 1. The zero-order valence-corrected chi connectivity index (χ0v) is 14.6. The highest BCUT2D eigenvalue weighted by Gasteiger charge is 2.27. The molecule has 1 aliphatic heterocycles. The summed E-state index contributed by atoms with van der Waals surface area (Å²) >= 11 is 1.77. The van der Waals surface area contributed by atoms with Gasteiger partial charge in [0.1, 0.15) is 0 Å². The van der Waals surface area contributed by atoms with E-state index in [2.05, 4.69) is 65.8 Å². The maximum Gasteiger partial charge on any atom is 0.220 e. The summed E-state index contributed by atoms with van der Waals surface area (Å²) in [7, 11) is 0. The number of fused-ring (bicyclic) bond motifs is 1. The van der Waals surface area contributed by atoms with Gasteiger partial charge in [-0.3, -0.25) is 4.79 Å². The number of carbonyl (C=O) groups is 1. The largest absolute Gasteiger partial charge is 0.361 e. The van der Waals surface area contributed by atoms with Crippen LogP contribution < -0.4 is 10.2 Å². The van der Waals surface area contributed by atoms with Crippen LogP contribution in [0.25, 0.3) is 0 Å². The van der Waals surface area contributed by atoms with Gasteiger partial charge in [0.15, 0.2) is 0 Å². The van der Waals surface area contributed by atoms with E-state index in [-0.39, 0.29) is 11.9 Å². The van der Waals surface area contributed by atoms with E-state index in [1.54, 1.807) is 11.3 Å². The van der Waals surface area contributed by atoms with Gasteiger partial charge in [0.25, 0.3) is 0 Å². The van der Waals surface area contributed by atoms with Crippen LogP contribution >= 0.6 is 11.3 Å². The van der Waals surface area contributed by atoms with Crippen LogP contribution in [-0.2, 0) is 11.2 Å². The summed E-state index contributed by atoms with van der Waals surface area (Å²) in [5.41, 5.74) is 2.71. The molecule has 23 heavy (non-hydrogen) atoms. The number of rotatable bonds is 6. The molecule has 4 heteroatoms. The molecule has 1 amide bonds. The molecule has 0 saturated carbocycles. The first-order chi connectivity index (χ1) is 11.1. The van der Waals surface area contributed by atoms with E-state index >= 15 is 0 Å². The van der Waals surface area contributed by atoms with Crippen LogP contribution in [0.15, 0.2) is 41.8 Å². The number of hydrogen-bond donors (Lipinski definition) is 1. The van der Waals surface area contributed by atoms with Gasteiger partial charge in [-0.15, -0.1) is 11.3 Å². The molecule has 0 unspecified atom stereocenters. The number of benzene rings is 1. The number of nitrogens with one attached hydrogen (secondary N) is 1. The van der Waals surface area contributed by atoms with Gasteiger partial charge in [-0.1, -0.05) is 38.1 Å². The smallest absolute Gasteiger partial charge is 0.220 e. The Hall–Kier alpha value is -1.81. The molecule has 0 bridgehead atoms. The van der Waals surface area contributed by atoms with Crippen LogP contribution in [0, 0.1) is 5.92 Å². The summed E-state index contributed by atoms with van der Waals surface area (Å²) in [4.78, 5) is 15.8. The average Bonchev–Trinajstić information content (AvgIpc) is 3.17. The van der Waals surface area contributed by atoms with Gasteiger partial charge in [0, 0.05) is 30.1 Å². The van der Waals surface area contributed by atoms with Crippen molar-refractivity contribution in [3.05, 3.63) is 52.2 Å². The van der Waals surface area contributed by atoms with Gasteiger partial charge in [-0.05, 0) is 35.4 Å². The van der Waals surface area contributed by atoms with Crippen molar-refractivity contribution in [1.82, 2.24) is 5.32 Å². The van der Waals surface area contributed by atoms with Crippen molar-refractivity contribution in [2.24, 2.45) is 5.92 Å². The molecule has 3 nitrogen and oxygen atoms in total. The molecule has 122 valence electrons. The predicted molar refractivity (Wildman–Crippen MR) is 97.0 cm³/mol. The fraction of sp³-hybridized carbons (Fsp3) is 0.421. The van der Waals surface area contributed by atoms with Crippen LogP contribution in [-0.4, -0.2) is 19.0 Å². The Bertz CT molecular complexity index is 651. The Kier molecular flexibility index (Phi) is 5.01. The van der Waals surface area contributed by atoms with Crippen molar-refractivity contribution in [1.29, 1.82) is 0 Å². The fourth-order valence-corrected chi connectivity index (χ4v) is 4.03. The average molecular weight is 328 g/mol. The molecule has 0 spiro atoms. The monoisotopic (exact) mass is 328 g/mol. The summed E-state index contributed by atoms with van der Waals surface area (Å²) in [6.45, 7) is 5.84. The Labute approximate surface area is 142 Å². The topological polar surface area (TPSA) is 32.3 Å². The summed E-state index contributed by atoms with van der Waals surface area (Å²) in [6, 6.07) is 13.1. The lowest BCUT2D eigenvalue weighted by Gasteiger charge is -2.30. The maximum atomic E-state index is 12.1. The molecule has 0 aliphatic carbocycles. The van der Waals surface area contributed by atoms with Crippen molar-refractivity contribution >= 4 is 22.9 Å². The lowest BCUT2D eigenvalue weighted by atomic mass is 10.1. The Morgan fingerprint density at radius 3 is 2.83 bits per heavy atom. The quantitative estimate of drug-likeness (QED) is 0.869. The minimum absolute atomic E-state index is 0.147. The van der Waals surface area contributed by atoms with E-state index in [9.17, 15) is 4.79 Å². The second-order valence-corrected chi connectivity index (χ2v) is 7.48. The molecule has 1 aromatic heterocycles. The number of thiophene rings is 1. The number of hydrogen-bond acceptors (Lipinski definition) is 3. The third kappa shape index (κ3) is 3.75. The number of para-hydroxylation sites is 1. The molecule has 0 radical (unpaired) electrons. The lowest BCUT2D eigenvalue weighted by molar-refractivity contribution is -0.121. The molecular formula is C19H24N2OS. The van der Waals surface area contributed by atoms with Crippen LogP contribution in [0.4, 0.5) is 5.69 Å². The van der Waals surface area contributed by atoms with E-state index in [1.807, 2.05) is 0 Å². The highest BCUT2D eigenvalue weighted by atomic mass is 32.1. The molecule has 1 atom stereocenters. The maximum absolute atomic E-state index is 12.1. The van der Waals surface area contributed by atoms with Crippen molar-refractivity contribution in [2.75, 3.05) is 18.0 Å². The van der Waals surface area contributed by atoms with Gasteiger partial charge >= 0.3 is 0 Å². The molecule has 1 aromatic carbocycles. The van der Waals surface area contributed by atoms with E-state index < -0.39 is 0 Å². The molecule has 1 N–H and O–H groups in total. The SMILES string of the molecule is CC(C)CC(=O)NC[C@H](c1cccs1)N1CCc2ccccc21. The van der Waals surface area contributed by atoms with Gasteiger partial charge in [0.2, 0.25) is 5.91 Å². The third-order valence-corrected chi connectivity index (χ3v) is 5.23. The lowest BCUT2D eigenvalue weighted by Crippen LogP contribution is -2.37. The summed E-state index contributed by atoms with van der Waals surface area (Å²) in [5, 5.41) is 5.25. The summed E-state index contributed by atoms with van der Waals surface area (Å²) in [6.07, 6.45) is 1.67. The standard InChI is InChI=1S/C19H24N2OS/c1-14(2)12-19(22)20-13-17(18-8-5-11-23-18)21-10-9-15-6-3-4-7-16(15)21/h3-8,11,14,17H,9-10,12-13H2,1-2H3,(H,20,22)/t17-/m1/s1. The first kappa shape index (κ1) is 16.1. The van der Waals surface area contributed by atoms with Crippen LogP contribution in [0.3, 0.4) is 0 Å². The van der Waals surface area contributed by atoms with Crippen LogP contribution in [0.5, 0.6) is 0 Å². The highest BCUT2D eigenvalue weighted by molar-refractivity contribution is 7.10. The zero-order chi connectivity index (χ0) is 16.2. The van der Waals surface area contributed by atoms with Crippen LogP contribution in [0.2, 0.25) is 0 Å². The minimum Gasteiger partial charge on any atom is -0.361 e. The van der Waals surface area contributed by atoms with Crippen molar-refractivity contribution < 1.29 is 4.79 Å². The summed E-state index contributed by atoms with van der Waals surface area (Å²) in [5.74, 6) is 0.539. The molecule has 2 heterocycles. The van der Waals surface area contributed by atoms with Gasteiger partial charge in [-0.25, -0.2) is 0 Å². The zero-order valence-electron chi connectivity index (χ0n) is 13.8. The predicted octanol–water partition coefficient (Wildman–Crippen LogP) is 4.01. The highest BCUT2D eigenvalue weighted by Crippen LogP contribution is 2.36. The number of amides is 1. The number of nitrogens with zero attached hydrogens (tertiary/aromatic N) is 1. The molecule has 0 fully saturated rings. The van der Waals surface area contributed by atoms with Crippen molar-refractivity contribution in [3.8, 4) is 0 Å². The van der Waals surface area contributed by atoms with Gasteiger partial charge in [0.05, 0.1) is 6.04 Å². The first-order valence-corrected chi connectivity index (χ1v) is 9.17. The second kappa shape index (κ2) is 7.18. The Morgan fingerprint density at radius 2 is 2.09 bits per heavy atom. The Balaban J connectivity index is 1.77. The summed E-state index contributed by atoms with van der Waals surface area (Å²) < 4.78 is 0. The van der Waals surface area contributed by atoms with Gasteiger partial charge < -0.3 is 10.2 Å². The molecule has 2 aromatic rings. The van der Waals surface area contributed by atoms with Crippen LogP contribution in [0.1, 0.15) is 36.8 Å². The molecular weight excluding hydrogens is 304 g/mol. The van der Waals surface area contributed by atoms with Gasteiger partial charge in [-0.2, -0.15) is 0 Å². The fourth-order valence-electron chi connectivity index (χ4n) is 3.19. The Morgan fingerprint density at radius 1 is 1.26 bits per heavy atom. The van der Waals surface area contributed by atoms with Crippen molar-refractivity contribution in [2.45, 2.75) is 32.7 Å². The normalized spacial score (nSPS) is 14.8. The second-order valence-electron chi connectivity index (χ2n) is 6.51. The van der Waals surface area contributed by atoms with E-state index in [1.165, 1.54) is 16.1 Å². The van der Waals surface area contributed by atoms with E-state index in [0.717, 1.165) is 13.0 Å².